The molecule has 5 rings (SSSR count). The first-order chi connectivity index (χ1) is 17.8. The van der Waals surface area contributed by atoms with Crippen molar-refractivity contribution < 1.29 is 19.4 Å². The molecule has 1 aromatic carbocycles. The highest BCUT2D eigenvalue weighted by Gasteiger charge is 2.28. The van der Waals surface area contributed by atoms with Gasteiger partial charge in [-0.05, 0) is 37.1 Å². The lowest BCUT2D eigenvalue weighted by atomic mass is 10.0. The third-order valence-electron chi connectivity index (χ3n) is 7.16. The fourth-order valence-corrected chi connectivity index (χ4v) is 4.96. The highest BCUT2D eigenvalue weighted by molar-refractivity contribution is 5.89. The van der Waals surface area contributed by atoms with E-state index in [1.807, 2.05) is 41.8 Å². The number of fused-ring (bicyclic) bond motifs is 1. The summed E-state index contributed by atoms with van der Waals surface area (Å²) in [4.78, 5) is 39.0. The lowest BCUT2D eigenvalue weighted by Gasteiger charge is -2.33. The number of anilines is 2. The van der Waals surface area contributed by atoms with E-state index in [1.165, 1.54) is 11.9 Å². The first-order valence-electron chi connectivity index (χ1n) is 12.8. The highest BCUT2D eigenvalue weighted by atomic mass is 16.5. The van der Waals surface area contributed by atoms with Crippen molar-refractivity contribution >= 4 is 34.5 Å². The number of piperidine rings is 1. The smallest absolute Gasteiger partial charge is 0.411 e. The van der Waals surface area contributed by atoms with E-state index < -0.39 is 6.09 Å². The Balaban J connectivity index is 1.51. The molecular formula is C26H33N7O4. The van der Waals surface area contributed by atoms with Crippen molar-refractivity contribution in [3.63, 3.8) is 0 Å². The number of likely N-dealkylation sites (tertiary alicyclic amines) is 1. The molecule has 0 radical (unpaired) electrons. The van der Waals surface area contributed by atoms with Crippen LogP contribution in [0.1, 0.15) is 32.7 Å². The SMILES string of the molecule is CC(C)C(=O)N1CCC(n2ncc3c(N4CCOCC4)nc(-c4ccc(N(C)C(=O)O)cc4)nc32)CC1. The largest absolute Gasteiger partial charge is 0.465 e. The normalized spacial score (nSPS) is 17.0. The van der Waals surface area contributed by atoms with Gasteiger partial charge in [-0.15, -0.1) is 0 Å². The summed E-state index contributed by atoms with van der Waals surface area (Å²) in [7, 11) is 1.51. The zero-order valence-corrected chi connectivity index (χ0v) is 21.5. The fraction of sp³-hybridized carbons (Fsp3) is 0.500. The Labute approximate surface area is 215 Å². The number of benzene rings is 1. The van der Waals surface area contributed by atoms with Crippen LogP contribution < -0.4 is 9.80 Å². The van der Waals surface area contributed by atoms with Gasteiger partial charge in [0.25, 0.3) is 0 Å². The standard InChI is InChI=1S/C26H33N7O4/c1-17(2)25(34)32-10-8-20(9-11-32)33-24-21(16-27-33)23(31-12-14-37-15-13-31)28-22(29-24)18-4-6-19(7-5-18)30(3)26(35)36/h4-7,16-17,20H,8-15H2,1-3H3,(H,35,36). The summed E-state index contributed by atoms with van der Waals surface area (Å²) >= 11 is 0. The second kappa shape index (κ2) is 10.3. The molecule has 196 valence electrons. The van der Waals surface area contributed by atoms with Gasteiger partial charge in [0.1, 0.15) is 5.82 Å². The second-order valence-electron chi connectivity index (χ2n) is 9.90. The summed E-state index contributed by atoms with van der Waals surface area (Å²) in [5.41, 5.74) is 2.13. The van der Waals surface area contributed by atoms with Gasteiger partial charge in [-0.2, -0.15) is 5.10 Å². The minimum Gasteiger partial charge on any atom is -0.465 e. The summed E-state index contributed by atoms with van der Waals surface area (Å²) in [6, 6.07) is 7.33. The van der Waals surface area contributed by atoms with E-state index in [0.29, 0.717) is 37.8 Å². The van der Waals surface area contributed by atoms with Crippen LogP contribution in [0.15, 0.2) is 30.5 Å². The molecule has 2 aromatic heterocycles. The molecular weight excluding hydrogens is 474 g/mol. The van der Waals surface area contributed by atoms with Gasteiger partial charge in [0.15, 0.2) is 11.5 Å². The molecule has 2 aliphatic rings. The molecule has 0 saturated carbocycles. The van der Waals surface area contributed by atoms with Gasteiger partial charge < -0.3 is 19.6 Å². The minimum atomic E-state index is -1.02. The van der Waals surface area contributed by atoms with Gasteiger partial charge in [0.2, 0.25) is 5.91 Å². The third-order valence-corrected chi connectivity index (χ3v) is 7.16. The van der Waals surface area contributed by atoms with Gasteiger partial charge in [-0.25, -0.2) is 19.4 Å². The minimum absolute atomic E-state index is 0.00450. The predicted octanol–water partition coefficient (Wildman–Crippen LogP) is 3.26. The van der Waals surface area contributed by atoms with E-state index in [4.69, 9.17) is 19.8 Å². The van der Waals surface area contributed by atoms with E-state index in [9.17, 15) is 14.7 Å². The topological polar surface area (TPSA) is 117 Å². The third kappa shape index (κ3) is 4.95. The number of hydrogen-bond donors (Lipinski definition) is 1. The van der Waals surface area contributed by atoms with Gasteiger partial charge >= 0.3 is 6.09 Å². The molecule has 4 heterocycles. The van der Waals surface area contributed by atoms with Crippen LogP contribution in [0.4, 0.5) is 16.3 Å². The van der Waals surface area contributed by atoms with Crippen LogP contribution in [0.3, 0.4) is 0 Å². The van der Waals surface area contributed by atoms with E-state index in [0.717, 1.165) is 48.3 Å². The summed E-state index contributed by atoms with van der Waals surface area (Å²) < 4.78 is 7.55. The Bertz CT molecular complexity index is 1280. The van der Waals surface area contributed by atoms with Crippen molar-refractivity contribution in [3.8, 4) is 11.4 Å². The number of hydrogen-bond acceptors (Lipinski definition) is 7. The molecule has 0 atom stereocenters. The number of nitrogens with zero attached hydrogens (tertiary/aromatic N) is 7. The molecule has 3 aromatic rings. The number of amides is 2. The molecule has 2 amide bonds. The van der Waals surface area contributed by atoms with Crippen LogP contribution in [0.5, 0.6) is 0 Å². The van der Waals surface area contributed by atoms with Gasteiger partial charge in [-0.3, -0.25) is 9.69 Å². The van der Waals surface area contributed by atoms with E-state index in [-0.39, 0.29) is 17.9 Å². The average Bonchev–Trinajstić information content (AvgIpc) is 3.36. The van der Waals surface area contributed by atoms with Crippen LogP contribution in [0, 0.1) is 5.92 Å². The number of morpholine rings is 1. The molecule has 0 spiro atoms. The Hall–Kier alpha value is -3.73. The van der Waals surface area contributed by atoms with Crippen LogP contribution >= 0.6 is 0 Å². The number of rotatable bonds is 5. The molecule has 2 aliphatic heterocycles. The first-order valence-corrected chi connectivity index (χ1v) is 12.8. The Morgan fingerprint density at radius 2 is 1.73 bits per heavy atom. The lowest BCUT2D eigenvalue weighted by molar-refractivity contribution is -0.135. The number of carboxylic acid groups (broad SMARTS) is 1. The fourth-order valence-electron chi connectivity index (χ4n) is 4.96. The van der Waals surface area contributed by atoms with Gasteiger partial charge in [-0.1, -0.05) is 13.8 Å². The van der Waals surface area contributed by atoms with Crippen molar-refractivity contribution in [2.24, 2.45) is 5.92 Å². The first kappa shape index (κ1) is 24.9. The maximum absolute atomic E-state index is 12.5. The highest BCUT2D eigenvalue weighted by Crippen LogP contribution is 2.32. The Morgan fingerprint density at radius 3 is 2.35 bits per heavy atom. The second-order valence-corrected chi connectivity index (χ2v) is 9.90. The van der Waals surface area contributed by atoms with Crippen molar-refractivity contribution in [3.05, 3.63) is 30.5 Å². The number of aromatic nitrogens is 4. The Morgan fingerprint density at radius 1 is 1.05 bits per heavy atom. The molecule has 11 heteroatoms. The molecule has 1 N–H and O–H groups in total. The van der Waals surface area contributed by atoms with Gasteiger partial charge in [0.05, 0.1) is 30.8 Å². The number of carbonyl (C=O) groups is 2. The maximum atomic E-state index is 12.5. The van der Waals surface area contributed by atoms with Crippen molar-refractivity contribution in [2.75, 3.05) is 56.2 Å². The predicted molar refractivity (Wildman–Crippen MR) is 140 cm³/mol. The quantitative estimate of drug-likeness (QED) is 0.559. The monoisotopic (exact) mass is 507 g/mol. The molecule has 2 fully saturated rings. The van der Waals surface area contributed by atoms with Crippen LogP contribution in [0.2, 0.25) is 0 Å². The van der Waals surface area contributed by atoms with E-state index in [2.05, 4.69) is 4.90 Å². The van der Waals surface area contributed by atoms with E-state index in [1.54, 1.807) is 12.1 Å². The summed E-state index contributed by atoms with van der Waals surface area (Å²) in [6.07, 6.45) is 2.46. The average molecular weight is 508 g/mol. The van der Waals surface area contributed by atoms with Crippen LogP contribution in [-0.2, 0) is 9.53 Å². The zero-order chi connectivity index (χ0) is 26.1. The number of carbonyl (C=O) groups excluding carboxylic acids is 1. The summed E-state index contributed by atoms with van der Waals surface area (Å²) in [5, 5.41) is 14.9. The molecule has 11 nitrogen and oxygen atoms in total. The molecule has 0 aliphatic carbocycles. The van der Waals surface area contributed by atoms with Crippen molar-refractivity contribution in [1.29, 1.82) is 0 Å². The summed E-state index contributed by atoms with van der Waals surface area (Å²) in [6.45, 7) is 8.01. The van der Waals surface area contributed by atoms with Gasteiger partial charge in [0, 0.05) is 50.4 Å². The molecule has 37 heavy (non-hydrogen) atoms. The maximum Gasteiger partial charge on any atom is 0.411 e. The lowest BCUT2D eigenvalue weighted by Crippen LogP contribution is -2.41. The zero-order valence-electron chi connectivity index (χ0n) is 21.5. The molecule has 0 bridgehead atoms. The van der Waals surface area contributed by atoms with E-state index >= 15 is 0 Å². The van der Waals surface area contributed by atoms with Crippen LogP contribution in [0.25, 0.3) is 22.4 Å². The van der Waals surface area contributed by atoms with Crippen LogP contribution in [-0.4, -0.2) is 88.2 Å². The molecule has 0 unspecified atom stereocenters. The van der Waals surface area contributed by atoms with Crippen molar-refractivity contribution in [2.45, 2.75) is 32.7 Å². The number of ether oxygens (including phenoxy) is 1. The Kier molecular flexibility index (Phi) is 6.96. The summed E-state index contributed by atoms with van der Waals surface area (Å²) in [5.74, 6) is 1.58. The van der Waals surface area contributed by atoms with Crippen molar-refractivity contribution in [1.82, 2.24) is 24.6 Å². The molecule has 2 saturated heterocycles.